The van der Waals surface area contributed by atoms with E-state index in [0.717, 1.165) is 18.4 Å². The summed E-state index contributed by atoms with van der Waals surface area (Å²) in [5.41, 5.74) is 0.777. The van der Waals surface area contributed by atoms with Crippen LogP contribution in [0.1, 0.15) is 37.7 Å². The number of hydrogen-bond donors (Lipinski definition) is 1. The molecule has 0 saturated heterocycles. The fourth-order valence-corrected chi connectivity index (χ4v) is 2.52. The van der Waals surface area contributed by atoms with E-state index in [9.17, 15) is 9.90 Å². The standard InChI is InChI=1S/C15H17ClNO2/c16-12-8-11(9-14(18)10-12)4-3-7-15(19)17-13-5-1-2-6-13/h3-4,8-10,13,18H,1-2,5-7H2. The molecule has 4 heteroatoms. The topological polar surface area (TPSA) is 51.4 Å². The number of phenolic OH excluding ortho intramolecular Hbond substituents is 1. The molecule has 1 N–H and O–H groups in total. The molecule has 1 saturated carbocycles. The van der Waals surface area contributed by atoms with Crippen molar-refractivity contribution in [3.63, 3.8) is 0 Å². The van der Waals surface area contributed by atoms with E-state index in [1.54, 1.807) is 24.3 Å². The van der Waals surface area contributed by atoms with Gasteiger partial charge in [-0.2, -0.15) is 0 Å². The Bertz CT molecular complexity index is 459. The fourth-order valence-electron chi connectivity index (χ4n) is 2.28. The zero-order chi connectivity index (χ0) is 13.7. The number of aromatic hydroxyl groups is 1. The normalized spacial score (nSPS) is 16.1. The Morgan fingerprint density at radius 1 is 1.37 bits per heavy atom. The van der Waals surface area contributed by atoms with Crippen molar-refractivity contribution in [2.45, 2.75) is 38.1 Å². The Hall–Kier alpha value is -1.48. The largest absolute Gasteiger partial charge is 0.508 e. The van der Waals surface area contributed by atoms with Gasteiger partial charge in [0.05, 0.1) is 6.04 Å². The highest BCUT2D eigenvalue weighted by molar-refractivity contribution is 6.30. The summed E-state index contributed by atoms with van der Waals surface area (Å²) in [7, 11) is 0. The number of rotatable bonds is 4. The van der Waals surface area contributed by atoms with Crippen LogP contribution in [-0.2, 0) is 4.79 Å². The summed E-state index contributed by atoms with van der Waals surface area (Å²) in [6, 6.07) is 5.03. The molecule has 0 spiro atoms. The van der Waals surface area contributed by atoms with Crippen LogP contribution >= 0.6 is 11.6 Å². The number of benzene rings is 1. The molecule has 1 aromatic rings. The Labute approximate surface area is 118 Å². The molecule has 0 heterocycles. The molecule has 3 nitrogen and oxygen atoms in total. The molecule has 1 aliphatic rings. The quantitative estimate of drug-likeness (QED) is 0.916. The minimum absolute atomic E-state index is 0.0746. The Kier molecular flexibility index (Phi) is 4.86. The van der Waals surface area contributed by atoms with Gasteiger partial charge in [-0.25, -0.2) is 5.32 Å². The zero-order valence-electron chi connectivity index (χ0n) is 10.7. The van der Waals surface area contributed by atoms with Gasteiger partial charge in [-0.05, 0) is 36.6 Å². The Morgan fingerprint density at radius 3 is 2.79 bits per heavy atom. The van der Waals surface area contributed by atoms with E-state index in [2.05, 4.69) is 5.32 Å². The first-order chi connectivity index (χ1) is 9.13. The van der Waals surface area contributed by atoms with E-state index in [1.165, 1.54) is 18.9 Å². The average Bonchev–Trinajstić information content (AvgIpc) is 2.80. The highest BCUT2D eigenvalue weighted by Crippen LogP contribution is 2.21. The number of nitrogens with zero attached hydrogens (tertiary/aromatic N) is 1. The third-order valence-corrected chi connectivity index (χ3v) is 3.38. The molecule has 0 bridgehead atoms. The van der Waals surface area contributed by atoms with Crippen LogP contribution in [0, 0.1) is 0 Å². The first-order valence-electron chi connectivity index (χ1n) is 6.53. The SMILES string of the molecule is O=C(CC=Cc1cc(O)cc(Cl)c1)[N]C1CCCC1. The first kappa shape index (κ1) is 13.9. The number of halogens is 1. The molecule has 1 radical (unpaired) electrons. The first-order valence-corrected chi connectivity index (χ1v) is 6.91. The van der Waals surface area contributed by atoms with Gasteiger partial charge in [-0.1, -0.05) is 36.6 Å². The number of carbonyl (C=O) groups is 1. The van der Waals surface area contributed by atoms with Crippen LogP contribution in [0.3, 0.4) is 0 Å². The van der Waals surface area contributed by atoms with Gasteiger partial charge in [0.15, 0.2) is 0 Å². The van der Waals surface area contributed by atoms with Gasteiger partial charge < -0.3 is 5.11 Å². The van der Waals surface area contributed by atoms with Gasteiger partial charge in [-0.15, -0.1) is 0 Å². The smallest absolute Gasteiger partial charge is 0.245 e. The Morgan fingerprint density at radius 2 is 2.11 bits per heavy atom. The number of carbonyl (C=O) groups excluding carboxylic acids is 1. The predicted molar refractivity (Wildman–Crippen MR) is 76.2 cm³/mol. The van der Waals surface area contributed by atoms with Crippen LogP contribution in [0.25, 0.3) is 6.08 Å². The lowest BCUT2D eigenvalue weighted by Gasteiger charge is -2.06. The number of phenols is 1. The molecule has 1 amide bonds. The average molecular weight is 279 g/mol. The maximum Gasteiger partial charge on any atom is 0.245 e. The van der Waals surface area contributed by atoms with Crippen LogP contribution in [0.4, 0.5) is 0 Å². The zero-order valence-corrected chi connectivity index (χ0v) is 11.4. The van der Waals surface area contributed by atoms with Crippen LogP contribution in [0.15, 0.2) is 24.3 Å². The van der Waals surface area contributed by atoms with Crippen LogP contribution in [0.5, 0.6) is 5.75 Å². The molecule has 0 atom stereocenters. The maximum atomic E-state index is 11.6. The molecule has 101 valence electrons. The van der Waals surface area contributed by atoms with E-state index in [4.69, 9.17) is 11.6 Å². The maximum absolute atomic E-state index is 11.6. The summed E-state index contributed by atoms with van der Waals surface area (Å²) in [5, 5.41) is 14.0. The van der Waals surface area contributed by atoms with Crippen molar-refractivity contribution >= 4 is 23.6 Å². The number of hydrogen-bond acceptors (Lipinski definition) is 2. The second kappa shape index (κ2) is 6.62. The van der Waals surface area contributed by atoms with Crippen LogP contribution in [-0.4, -0.2) is 17.1 Å². The highest BCUT2D eigenvalue weighted by Gasteiger charge is 2.18. The van der Waals surface area contributed by atoms with Crippen molar-refractivity contribution in [3.8, 4) is 5.75 Å². The summed E-state index contributed by atoms with van der Waals surface area (Å²) in [6.07, 6.45) is 8.26. The second-order valence-corrected chi connectivity index (χ2v) is 5.25. The van der Waals surface area contributed by atoms with E-state index < -0.39 is 0 Å². The van der Waals surface area contributed by atoms with Gasteiger partial charge in [-0.3, -0.25) is 4.79 Å². The highest BCUT2D eigenvalue weighted by atomic mass is 35.5. The molecule has 1 fully saturated rings. The molecule has 0 aromatic heterocycles. The van der Waals surface area contributed by atoms with Gasteiger partial charge in [0, 0.05) is 11.4 Å². The molecular formula is C15H17ClNO2. The molecule has 1 aromatic carbocycles. The summed E-state index contributed by atoms with van der Waals surface area (Å²) >= 11 is 5.83. The lowest BCUT2D eigenvalue weighted by Crippen LogP contribution is -2.24. The molecular weight excluding hydrogens is 262 g/mol. The minimum atomic E-state index is -0.0746. The van der Waals surface area contributed by atoms with Crippen LogP contribution < -0.4 is 5.32 Å². The molecule has 2 rings (SSSR count). The Balaban J connectivity index is 1.83. The lowest BCUT2D eigenvalue weighted by molar-refractivity contribution is -0.121. The van der Waals surface area contributed by atoms with Gasteiger partial charge >= 0.3 is 0 Å². The van der Waals surface area contributed by atoms with Crippen molar-refractivity contribution < 1.29 is 9.90 Å². The van der Waals surface area contributed by atoms with E-state index in [-0.39, 0.29) is 17.7 Å². The van der Waals surface area contributed by atoms with E-state index in [1.807, 2.05) is 0 Å². The summed E-state index contributed by atoms with van der Waals surface area (Å²) < 4.78 is 0. The summed E-state index contributed by atoms with van der Waals surface area (Å²) in [4.78, 5) is 11.6. The second-order valence-electron chi connectivity index (χ2n) is 4.81. The molecule has 0 unspecified atom stereocenters. The summed E-state index contributed by atoms with van der Waals surface area (Å²) in [5.74, 6) is 0.0449. The molecule has 0 aliphatic heterocycles. The third kappa shape index (κ3) is 4.60. The van der Waals surface area contributed by atoms with Crippen molar-refractivity contribution in [1.82, 2.24) is 5.32 Å². The van der Waals surface area contributed by atoms with Crippen molar-refractivity contribution in [1.29, 1.82) is 0 Å². The monoisotopic (exact) mass is 278 g/mol. The van der Waals surface area contributed by atoms with Crippen LogP contribution in [0.2, 0.25) is 5.02 Å². The van der Waals surface area contributed by atoms with Gasteiger partial charge in [0.1, 0.15) is 5.75 Å². The fraction of sp³-hybridized carbons (Fsp3) is 0.400. The van der Waals surface area contributed by atoms with E-state index in [0.29, 0.717) is 11.4 Å². The van der Waals surface area contributed by atoms with Gasteiger partial charge in [0.2, 0.25) is 5.91 Å². The predicted octanol–water partition coefficient (Wildman–Crippen LogP) is 3.52. The van der Waals surface area contributed by atoms with Gasteiger partial charge in [0.25, 0.3) is 0 Å². The van der Waals surface area contributed by atoms with Crippen molar-refractivity contribution in [2.75, 3.05) is 0 Å². The summed E-state index contributed by atoms with van der Waals surface area (Å²) in [6.45, 7) is 0. The number of amides is 1. The lowest BCUT2D eigenvalue weighted by atomic mass is 10.2. The minimum Gasteiger partial charge on any atom is -0.508 e. The van der Waals surface area contributed by atoms with Crippen molar-refractivity contribution in [3.05, 3.63) is 34.9 Å². The van der Waals surface area contributed by atoms with Crippen molar-refractivity contribution in [2.24, 2.45) is 0 Å². The molecule has 19 heavy (non-hydrogen) atoms. The molecule has 1 aliphatic carbocycles. The third-order valence-electron chi connectivity index (χ3n) is 3.16. The van der Waals surface area contributed by atoms with E-state index >= 15 is 0 Å².